The number of imide groups is 1. The summed E-state index contributed by atoms with van der Waals surface area (Å²) in [4.78, 5) is 37.9. The van der Waals surface area contributed by atoms with Gasteiger partial charge in [-0.3, -0.25) is 14.5 Å². The van der Waals surface area contributed by atoms with Crippen LogP contribution in [-0.4, -0.2) is 62.8 Å². The van der Waals surface area contributed by atoms with Crippen molar-refractivity contribution in [3.05, 3.63) is 23.8 Å². The van der Waals surface area contributed by atoms with E-state index in [0.717, 1.165) is 4.90 Å². The van der Waals surface area contributed by atoms with E-state index in [0.29, 0.717) is 43.4 Å². The normalized spacial score (nSPS) is 21.5. The van der Waals surface area contributed by atoms with E-state index >= 15 is 0 Å². The predicted molar refractivity (Wildman–Crippen MR) is 89.9 cm³/mol. The molecule has 1 aromatic rings. The number of carbonyl (C=O) groups is 3. The van der Waals surface area contributed by atoms with Crippen LogP contribution in [0.3, 0.4) is 0 Å². The first-order chi connectivity index (χ1) is 12.5. The van der Waals surface area contributed by atoms with Gasteiger partial charge in [-0.15, -0.1) is 0 Å². The molecule has 0 saturated carbocycles. The molecule has 9 nitrogen and oxygen atoms in total. The third-order valence-electron chi connectivity index (χ3n) is 4.32. The van der Waals surface area contributed by atoms with Gasteiger partial charge in [-0.2, -0.15) is 0 Å². The first kappa shape index (κ1) is 18.0. The summed E-state index contributed by atoms with van der Waals surface area (Å²) in [5.74, 6) is 0.181. The van der Waals surface area contributed by atoms with Gasteiger partial charge in [0.15, 0.2) is 11.5 Å². The van der Waals surface area contributed by atoms with Crippen molar-refractivity contribution in [2.45, 2.75) is 12.5 Å². The van der Waals surface area contributed by atoms with Crippen molar-refractivity contribution < 1.29 is 28.6 Å². The lowest BCUT2D eigenvalue weighted by Gasteiger charge is -2.25. The molecule has 2 aliphatic heterocycles. The van der Waals surface area contributed by atoms with Crippen molar-refractivity contribution in [3.8, 4) is 11.5 Å². The molecule has 0 bridgehead atoms. The second-order valence-electron chi connectivity index (χ2n) is 6.15. The molecule has 1 saturated heterocycles. The topological polar surface area (TPSA) is 106 Å². The second kappa shape index (κ2) is 7.20. The summed E-state index contributed by atoms with van der Waals surface area (Å²) in [5, 5.41) is 5.25. The van der Waals surface area contributed by atoms with E-state index in [1.165, 1.54) is 7.11 Å². The molecule has 1 atom stereocenters. The minimum Gasteiger partial charge on any atom is -0.486 e. The maximum absolute atomic E-state index is 12.8. The van der Waals surface area contributed by atoms with E-state index in [2.05, 4.69) is 10.6 Å². The van der Waals surface area contributed by atoms with E-state index in [-0.39, 0.29) is 6.54 Å². The Kier molecular flexibility index (Phi) is 4.99. The predicted octanol–water partition coefficient (Wildman–Crippen LogP) is -0.0126. The number of nitrogens with one attached hydrogen (secondary N) is 2. The van der Waals surface area contributed by atoms with Crippen LogP contribution < -0.4 is 20.1 Å². The molecule has 0 unspecified atom stereocenters. The summed E-state index contributed by atoms with van der Waals surface area (Å²) < 4.78 is 15.9. The lowest BCUT2D eigenvalue weighted by atomic mass is 9.91. The first-order valence-corrected chi connectivity index (χ1v) is 8.25. The third-order valence-corrected chi connectivity index (χ3v) is 4.32. The van der Waals surface area contributed by atoms with Crippen molar-refractivity contribution in [1.82, 2.24) is 15.5 Å². The van der Waals surface area contributed by atoms with Crippen molar-refractivity contribution in [2.75, 3.05) is 40.0 Å². The average molecular weight is 363 g/mol. The highest BCUT2D eigenvalue weighted by Gasteiger charge is 2.49. The van der Waals surface area contributed by atoms with Crippen molar-refractivity contribution in [2.24, 2.45) is 0 Å². The van der Waals surface area contributed by atoms with E-state index in [9.17, 15) is 14.4 Å². The monoisotopic (exact) mass is 363 g/mol. The van der Waals surface area contributed by atoms with Gasteiger partial charge in [-0.1, -0.05) is 6.07 Å². The number of nitrogens with zero attached hydrogens (tertiary/aromatic N) is 1. The number of urea groups is 1. The summed E-state index contributed by atoms with van der Waals surface area (Å²) in [5.41, 5.74) is -0.720. The van der Waals surface area contributed by atoms with E-state index in [4.69, 9.17) is 14.2 Å². The number of rotatable bonds is 6. The maximum Gasteiger partial charge on any atom is 0.325 e. The van der Waals surface area contributed by atoms with Crippen LogP contribution in [0.4, 0.5) is 4.79 Å². The summed E-state index contributed by atoms with van der Waals surface area (Å²) in [6.45, 7) is 2.78. The largest absolute Gasteiger partial charge is 0.486 e. The van der Waals surface area contributed by atoms with Crippen molar-refractivity contribution in [3.63, 3.8) is 0 Å². The van der Waals surface area contributed by atoms with Crippen LogP contribution in [0.25, 0.3) is 0 Å². The zero-order valence-electron chi connectivity index (χ0n) is 14.7. The molecule has 0 aromatic heterocycles. The van der Waals surface area contributed by atoms with E-state index in [1.54, 1.807) is 25.1 Å². The third kappa shape index (κ3) is 3.30. The number of hydrogen-bond acceptors (Lipinski definition) is 6. The molecule has 1 aromatic carbocycles. The van der Waals surface area contributed by atoms with Crippen LogP contribution in [0.1, 0.15) is 12.5 Å². The smallest absolute Gasteiger partial charge is 0.325 e. The molecule has 3 rings (SSSR count). The number of ether oxygens (including phenoxy) is 3. The summed E-state index contributed by atoms with van der Waals surface area (Å²) in [6.07, 6.45) is 0. The Balaban J connectivity index is 1.75. The van der Waals surface area contributed by atoms with Crippen molar-refractivity contribution >= 4 is 17.8 Å². The highest BCUT2D eigenvalue weighted by Crippen LogP contribution is 2.36. The van der Waals surface area contributed by atoms with E-state index in [1.807, 2.05) is 0 Å². The van der Waals surface area contributed by atoms with Gasteiger partial charge in [-0.25, -0.2) is 4.79 Å². The van der Waals surface area contributed by atoms with Gasteiger partial charge in [0.1, 0.15) is 25.3 Å². The fourth-order valence-electron chi connectivity index (χ4n) is 2.88. The van der Waals surface area contributed by atoms with Gasteiger partial charge < -0.3 is 24.8 Å². The molecule has 2 N–H and O–H groups in total. The molecule has 4 amide bonds. The first-order valence-electron chi connectivity index (χ1n) is 8.25. The fourth-order valence-corrected chi connectivity index (χ4v) is 2.88. The lowest BCUT2D eigenvalue weighted by Crippen LogP contribution is -2.43. The minimum atomic E-state index is -1.28. The van der Waals surface area contributed by atoms with Gasteiger partial charge in [0.2, 0.25) is 5.91 Å². The number of methoxy groups -OCH3 is 1. The molecular formula is C17H21N3O6. The fraction of sp³-hybridized carbons (Fsp3) is 0.471. The van der Waals surface area contributed by atoms with Gasteiger partial charge in [-0.05, 0) is 24.6 Å². The number of carbonyl (C=O) groups excluding carboxylic acids is 3. The van der Waals surface area contributed by atoms with Crippen LogP contribution in [-0.2, 0) is 19.9 Å². The molecule has 26 heavy (non-hydrogen) atoms. The summed E-state index contributed by atoms with van der Waals surface area (Å²) in [6, 6.07) is 4.46. The zero-order chi connectivity index (χ0) is 18.7. The molecule has 0 spiro atoms. The SMILES string of the molecule is COCCNC(=O)CN1C(=O)N[C@@](C)(c2ccc3c(c2)OCCO3)C1=O. The maximum atomic E-state index is 12.8. The Hall–Kier alpha value is -2.81. The standard InChI is InChI=1S/C17H21N3O6/c1-17(11-3-4-12-13(9-11)26-8-7-25-12)15(22)20(16(23)19-17)10-14(21)18-5-6-24-2/h3-4,9H,5-8,10H2,1-2H3,(H,18,21)(H,19,23)/t17-/m0/s1. The highest BCUT2D eigenvalue weighted by atomic mass is 16.6. The molecule has 2 aliphatic rings. The second-order valence-corrected chi connectivity index (χ2v) is 6.15. The molecular weight excluding hydrogens is 342 g/mol. The quantitative estimate of drug-likeness (QED) is 0.544. The Morgan fingerprint density at radius 2 is 2.04 bits per heavy atom. The number of fused-ring (bicyclic) bond motifs is 1. The van der Waals surface area contributed by atoms with Gasteiger partial charge in [0, 0.05) is 13.7 Å². The number of hydrogen-bond donors (Lipinski definition) is 2. The Morgan fingerprint density at radius 3 is 2.77 bits per heavy atom. The highest BCUT2D eigenvalue weighted by molar-refractivity contribution is 6.09. The molecule has 1 fully saturated rings. The van der Waals surface area contributed by atoms with E-state index < -0.39 is 23.4 Å². The molecule has 2 heterocycles. The van der Waals surface area contributed by atoms with Crippen molar-refractivity contribution in [1.29, 1.82) is 0 Å². The van der Waals surface area contributed by atoms with Gasteiger partial charge in [0.25, 0.3) is 5.91 Å². The minimum absolute atomic E-state index is 0.304. The number of amides is 4. The van der Waals surface area contributed by atoms with Crippen LogP contribution in [0.5, 0.6) is 11.5 Å². The Morgan fingerprint density at radius 1 is 1.31 bits per heavy atom. The molecule has 9 heteroatoms. The number of benzene rings is 1. The Bertz CT molecular complexity index is 737. The lowest BCUT2D eigenvalue weighted by molar-refractivity contribution is -0.134. The van der Waals surface area contributed by atoms with Gasteiger partial charge >= 0.3 is 6.03 Å². The molecule has 0 radical (unpaired) electrons. The summed E-state index contributed by atoms with van der Waals surface area (Å²) in [7, 11) is 1.52. The van der Waals surface area contributed by atoms with Crippen LogP contribution in [0, 0.1) is 0 Å². The van der Waals surface area contributed by atoms with Crippen LogP contribution >= 0.6 is 0 Å². The van der Waals surface area contributed by atoms with Crippen LogP contribution in [0.2, 0.25) is 0 Å². The Labute approximate surface area is 150 Å². The molecule has 140 valence electrons. The summed E-state index contributed by atoms with van der Waals surface area (Å²) >= 11 is 0. The zero-order valence-corrected chi connectivity index (χ0v) is 14.7. The average Bonchev–Trinajstić information content (AvgIpc) is 2.85. The molecule has 0 aliphatic carbocycles. The van der Waals surface area contributed by atoms with Crippen LogP contribution in [0.15, 0.2) is 18.2 Å². The van der Waals surface area contributed by atoms with Gasteiger partial charge in [0.05, 0.1) is 6.61 Å².